The molecule has 1 saturated carbocycles. The second-order valence-electron chi connectivity index (χ2n) is 7.17. The van der Waals surface area contributed by atoms with E-state index in [1.807, 2.05) is 6.92 Å². The maximum Gasteiger partial charge on any atom is 0.319 e. The van der Waals surface area contributed by atoms with E-state index in [1.54, 1.807) is 37.0 Å². The maximum absolute atomic E-state index is 9.59. The Bertz CT molecular complexity index is 810. The number of aryl methyl sites for hydroxylation is 1. The van der Waals surface area contributed by atoms with E-state index in [2.05, 4.69) is 25.2 Å². The Morgan fingerprint density at radius 1 is 1.46 bits per heavy atom. The predicted octanol–water partition coefficient (Wildman–Crippen LogP) is 2.88. The first-order chi connectivity index (χ1) is 12.4. The van der Waals surface area contributed by atoms with Crippen LogP contribution < -0.4 is 10.1 Å². The molecule has 26 heavy (non-hydrogen) atoms. The number of nitrogens with one attached hydrogen (secondary N) is 1. The highest BCUT2D eigenvalue weighted by Crippen LogP contribution is 2.26. The van der Waals surface area contributed by atoms with Gasteiger partial charge in [-0.25, -0.2) is 11.6 Å². The molecule has 0 bridgehead atoms. The summed E-state index contributed by atoms with van der Waals surface area (Å²) >= 11 is 0. The van der Waals surface area contributed by atoms with Gasteiger partial charge in [-0.3, -0.25) is 4.85 Å². The molecule has 0 saturated heterocycles. The van der Waals surface area contributed by atoms with Crippen molar-refractivity contribution in [3.8, 4) is 5.88 Å². The minimum atomic E-state index is -0.748. The standard InChI is InChI=1S/C18H24N6O2/c1-12-15(10-24(23-12)18(2,3)19-4)21-17-20-8-7-16(22-17)26-11-13-5-6-14(25)9-13/h7-8,10,13-14,25H,5-6,9,11H2,1-3H3,(H,20,21,22). The Labute approximate surface area is 153 Å². The molecule has 138 valence electrons. The molecule has 0 spiro atoms. The molecule has 0 aliphatic heterocycles. The van der Waals surface area contributed by atoms with Crippen molar-refractivity contribution in [3.63, 3.8) is 0 Å². The third-order valence-electron chi connectivity index (χ3n) is 4.59. The van der Waals surface area contributed by atoms with Gasteiger partial charge in [0, 0.05) is 26.1 Å². The van der Waals surface area contributed by atoms with E-state index in [-0.39, 0.29) is 6.10 Å². The number of nitrogens with zero attached hydrogens (tertiary/aromatic N) is 5. The van der Waals surface area contributed by atoms with Gasteiger partial charge in [0.1, 0.15) is 0 Å². The monoisotopic (exact) mass is 356 g/mol. The molecule has 2 N–H and O–H groups in total. The fourth-order valence-electron chi connectivity index (χ4n) is 2.92. The highest BCUT2D eigenvalue weighted by atomic mass is 16.5. The fraction of sp³-hybridized carbons (Fsp3) is 0.556. The van der Waals surface area contributed by atoms with Crippen molar-refractivity contribution in [2.45, 2.75) is 51.8 Å². The first-order valence-electron chi connectivity index (χ1n) is 8.73. The second kappa shape index (κ2) is 7.30. The molecule has 8 heteroatoms. The Hall–Kier alpha value is -2.66. The number of hydrogen-bond donors (Lipinski definition) is 2. The van der Waals surface area contributed by atoms with E-state index < -0.39 is 5.66 Å². The van der Waals surface area contributed by atoms with Gasteiger partial charge in [0.15, 0.2) is 0 Å². The van der Waals surface area contributed by atoms with Crippen molar-refractivity contribution in [1.82, 2.24) is 19.7 Å². The Kier molecular flexibility index (Phi) is 5.09. The van der Waals surface area contributed by atoms with Gasteiger partial charge in [-0.2, -0.15) is 14.8 Å². The summed E-state index contributed by atoms with van der Waals surface area (Å²) in [6, 6.07) is 1.72. The van der Waals surface area contributed by atoms with Crippen LogP contribution in [0.4, 0.5) is 11.6 Å². The van der Waals surface area contributed by atoms with Gasteiger partial charge < -0.3 is 15.2 Å². The first-order valence-corrected chi connectivity index (χ1v) is 8.73. The number of aliphatic hydroxyl groups excluding tert-OH is 1. The predicted molar refractivity (Wildman–Crippen MR) is 97.0 cm³/mol. The molecule has 1 fully saturated rings. The Balaban J connectivity index is 1.66. The summed E-state index contributed by atoms with van der Waals surface area (Å²) in [5.74, 6) is 1.28. The minimum absolute atomic E-state index is 0.203. The van der Waals surface area contributed by atoms with Gasteiger partial charge in [-0.05, 0) is 32.1 Å². The van der Waals surface area contributed by atoms with Crippen molar-refractivity contribution in [2.24, 2.45) is 5.92 Å². The molecule has 1 aliphatic rings. The minimum Gasteiger partial charge on any atom is -0.477 e. The van der Waals surface area contributed by atoms with E-state index in [1.165, 1.54) is 0 Å². The summed E-state index contributed by atoms with van der Waals surface area (Å²) in [7, 11) is 0. The number of aromatic nitrogens is 4. The van der Waals surface area contributed by atoms with Crippen LogP contribution in [0.15, 0.2) is 18.5 Å². The van der Waals surface area contributed by atoms with Crippen molar-refractivity contribution in [1.29, 1.82) is 0 Å². The third kappa shape index (κ3) is 4.11. The lowest BCUT2D eigenvalue weighted by Gasteiger charge is -2.11. The lowest BCUT2D eigenvalue weighted by molar-refractivity contribution is 0.166. The highest BCUT2D eigenvalue weighted by molar-refractivity contribution is 5.55. The molecule has 2 unspecified atom stereocenters. The fourth-order valence-corrected chi connectivity index (χ4v) is 2.92. The molecular formula is C18H24N6O2. The van der Waals surface area contributed by atoms with Crippen LogP contribution >= 0.6 is 0 Å². The van der Waals surface area contributed by atoms with E-state index in [0.717, 1.165) is 30.6 Å². The molecule has 2 aromatic rings. The third-order valence-corrected chi connectivity index (χ3v) is 4.59. The molecular weight excluding hydrogens is 332 g/mol. The summed E-state index contributed by atoms with van der Waals surface area (Å²) in [5.41, 5.74) is 0.761. The average Bonchev–Trinajstić information content (AvgIpc) is 3.20. The molecule has 3 rings (SSSR count). The zero-order chi connectivity index (χ0) is 18.7. The van der Waals surface area contributed by atoms with Crippen LogP contribution in [0, 0.1) is 19.4 Å². The Morgan fingerprint density at radius 3 is 2.96 bits per heavy atom. The van der Waals surface area contributed by atoms with Crippen LogP contribution in [-0.2, 0) is 5.66 Å². The normalized spacial score (nSPS) is 20.0. The lowest BCUT2D eigenvalue weighted by atomic mass is 10.1. The molecule has 2 heterocycles. The summed E-state index contributed by atoms with van der Waals surface area (Å²) in [5, 5.41) is 17.1. The molecule has 0 aromatic carbocycles. The smallest absolute Gasteiger partial charge is 0.319 e. The van der Waals surface area contributed by atoms with Crippen molar-refractivity contribution < 1.29 is 9.84 Å². The van der Waals surface area contributed by atoms with E-state index in [4.69, 9.17) is 11.3 Å². The van der Waals surface area contributed by atoms with Crippen LogP contribution in [0.3, 0.4) is 0 Å². The van der Waals surface area contributed by atoms with E-state index >= 15 is 0 Å². The lowest BCUT2D eigenvalue weighted by Crippen LogP contribution is -2.22. The van der Waals surface area contributed by atoms with Gasteiger partial charge in [0.05, 0.1) is 30.3 Å². The van der Waals surface area contributed by atoms with Crippen LogP contribution in [0.5, 0.6) is 5.88 Å². The number of hydrogen-bond acceptors (Lipinski definition) is 6. The zero-order valence-corrected chi connectivity index (χ0v) is 15.3. The van der Waals surface area contributed by atoms with Gasteiger partial charge in [0.25, 0.3) is 0 Å². The van der Waals surface area contributed by atoms with Crippen LogP contribution in [0.25, 0.3) is 4.85 Å². The largest absolute Gasteiger partial charge is 0.477 e. The molecule has 8 nitrogen and oxygen atoms in total. The SMILES string of the molecule is [C-]#[N+]C(C)(C)n1cc(Nc2nccc(OCC3CCC(O)C3)n2)c(C)n1. The van der Waals surface area contributed by atoms with Crippen molar-refractivity contribution >= 4 is 11.6 Å². The summed E-state index contributed by atoms with van der Waals surface area (Å²) in [4.78, 5) is 12.2. The molecule has 2 atom stereocenters. The number of ether oxygens (including phenoxy) is 1. The van der Waals surface area contributed by atoms with Gasteiger partial charge in [-0.15, -0.1) is 0 Å². The second-order valence-corrected chi connectivity index (χ2v) is 7.17. The van der Waals surface area contributed by atoms with Crippen molar-refractivity contribution in [3.05, 3.63) is 35.6 Å². The van der Waals surface area contributed by atoms with Crippen LogP contribution in [0.1, 0.15) is 38.8 Å². The summed E-state index contributed by atoms with van der Waals surface area (Å²) in [6.45, 7) is 13.3. The average molecular weight is 356 g/mol. The molecule has 0 radical (unpaired) electrons. The molecule has 0 amide bonds. The number of anilines is 2. The quantitative estimate of drug-likeness (QED) is 0.774. The van der Waals surface area contributed by atoms with E-state index in [9.17, 15) is 5.11 Å². The highest BCUT2D eigenvalue weighted by Gasteiger charge is 2.27. The molecule has 2 aromatic heterocycles. The number of rotatable bonds is 6. The first kappa shape index (κ1) is 18.1. The Morgan fingerprint density at radius 2 is 2.27 bits per heavy atom. The topological polar surface area (TPSA) is 89.5 Å². The van der Waals surface area contributed by atoms with E-state index in [0.29, 0.717) is 24.4 Å². The van der Waals surface area contributed by atoms with Crippen molar-refractivity contribution in [2.75, 3.05) is 11.9 Å². The van der Waals surface area contributed by atoms with Gasteiger partial charge >= 0.3 is 5.66 Å². The summed E-state index contributed by atoms with van der Waals surface area (Å²) < 4.78 is 7.39. The molecule has 1 aliphatic carbocycles. The zero-order valence-electron chi connectivity index (χ0n) is 15.3. The number of aliphatic hydroxyl groups is 1. The maximum atomic E-state index is 9.59. The van der Waals surface area contributed by atoms with Gasteiger partial charge in [0.2, 0.25) is 11.8 Å². The van der Waals surface area contributed by atoms with Crippen LogP contribution in [0.2, 0.25) is 0 Å². The summed E-state index contributed by atoms with van der Waals surface area (Å²) in [6.07, 6.45) is 5.82. The van der Waals surface area contributed by atoms with Gasteiger partial charge in [-0.1, -0.05) is 0 Å². The van der Waals surface area contributed by atoms with Crippen LogP contribution in [-0.4, -0.2) is 37.6 Å².